The van der Waals surface area contributed by atoms with Crippen LogP contribution in [0.3, 0.4) is 0 Å². The molecule has 1 aromatic rings. The van der Waals surface area contributed by atoms with Gasteiger partial charge in [-0.2, -0.15) is 0 Å². The van der Waals surface area contributed by atoms with Crippen molar-refractivity contribution >= 4 is 23.7 Å². The topological polar surface area (TPSA) is 126 Å². The van der Waals surface area contributed by atoms with Gasteiger partial charge >= 0.3 is 6.09 Å². The molecule has 0 bridgehead atoms. The average molecular weight is 501 g/mol. The molecule has 1 atom stereocenters. The van der Waals surface area contributed by atoms with Gasteiger partial charge in [-0.15, -0.1) is 0 Å². The van der Waals surface area contributed by atoms with Gasteiger partial charge in [-0.3, -0.25) is 19.8 Å². The van der Waals surface area contributed by atoms with Crippen molar-refractivity contribution in [3.63, 3.8) is 0 Å². The number of ketones is 1. The van der Waals surface area contributed by atoms with E-state index in [9.17, 15) is 19.2 Å². The summed E-state index contributed by atoms with van der Waals surface area (Å²) >= 11 is 0. The fourth-order valence-electron chi connectivity index (χ4n) is 4.95. The minimum absolute atomic E-state index is 0.0291. The Morgan fingerprint density at radius 3 is 2.36 bits per heavy atom. The summed E-state index contributed by atoms with van der Waals surface area (Å²) in [6.45, 7) is 2.11. The first kappa shape index (κ1) is 27.6. The van der Waals surface area contributed by atoms with Gasteiger partial charge in [0.2, 0.25) is 11.7 Å². The molecule has 198 valence electrons. The lowest BCUT2D eigenvalue weighted by Gasteiger charge is -2.37. The minimum Gasteiger partial charge on any atom is -0.444 e. The number of unbranched alkanes of at least 4 members (excludes halogenated alkanes) is 1. The third-order valence-corrected chi connectivity index (χ3v) is 7.14. The molecule has 0 unspecified atom stereocenters. The van der Waals surface area contributed by atoms with Crippen molar-refractivity contribution in [2.45, 2.75) is 108 Å². The first-order valence-corrected chi connectivity index (χ1v) is 13.3. The number of nitrogens with one attached hydrogen (secondary N) is 4. The molecule has 0 spiro atoms. The van der Waals surface area contributed by atoms with Crippen molar-refractivity contribution < 1.29 is 23.9 Å². The van der Waals surface area contributed by atoms with Gasteiger partial charge in [0.15, 0.2) is 0 Å². The molecule has 2 aliphatic rings. The molecule has 0 radical (unpaired) electrons. The van der Waals surface area contributed by atoms with Gasteiger partial charge in [0.05, 0.1) is 6.04 Å². The number of benzene rings is 1. The van der Waals surface area contributed by atoms with E-state index in [1.807, 2.05) is 37.3 Å². The third kappa shape index (κ3) is 8.05. The van der Waals surface area contributed by atoms with E-state index < -0.39 is 29.4 Å². The maximum Gasteiger partial charge on any atom is 0.421 e. The number of rotatable bonds is 12. The lowest BCUT2D eigenvalue weighted by Crippen LogP contribution is -2.65. The third-order valence-electron chi connectivity index (χ3n) is 7.14. The maximum absolute atomic E-state index is 13.5. The van der Waals surface area contributed by atoms with Crippen molar-refractivity contribution in [3.8, 4) is 0 Å². The van der Waals surface area contributed by atoms with Gasteiger partial charge < -0.3 is 15.4 Å². The Morgan fingerprint density at radius 2 is 1.69 bits per heavy atom. The standard InChI is InChI=1S/C27H40N4O5/c1-2-3-16-22(23(32)24(33)28-21-14-8-9-15-21)29-25(34)27(17-10-5-11-18-27)31-30-26(35)36-19-20-12-6-4-7-13-20/h4,6-7,12-13,21-22,31H,2-3,5,8-11,14-19H2,1H3,(H,28,33)(H,29,34)(H,30,35)/t22-/m0/s1. The zero-order valence-corrected chi connectivity index (χ0v) is 21.3. The summed E-state index contributed by atoms with van der Waals surface area (Å²) in [5.41, 5.74) is 5.22. The van der Waals surface area contributed by atoms with Crippen LogP contribution in [0.25, 0.3) is 0 Å². The van der Waals surface area contributed by atoms with E-state index >= 15 is 0 Å². The van der Waals surface area contributed by atoms with E-state index in [4.69, 9.17) is 4.74 Å². The summed E-state index contributed by atoms with van der Waals surface area (Å²) < 4.78 is 5.26. The summed E-state index contributed by atoms with van der Waals surface area (Å²) in [5, 5.41) is 5.68. The summed E-state index contributed by atoms with van der Waals surface area (Å²) in [5.74, 6) is -1.62. The molecule has 36 heavy (non-hydrogen) atoms. The van der Waals surface area contributed by atoms with Crippen LogP contribution >= 0.6 is 0 Å². The number of ether oxygens (including phenoxy) is 1. The quantitative estimate of drug-likeness (QED) is 0.257. The largest absolute Gasteiger partial charge is 0.444 e. The fraction of sp³-hybridized carbons (Fsp3) is 0.630. The molecule has 2 aliphatic carbocycles. The SMILES string of the molecule is CCCC[C@H](NC(=O)C1(NNC(=O)OCc2ccccc2)CCCCC1)C(=O)C(=O)NC1CCCC1. The van der Waals surface area contributed by atoms with Crippen LogP contribution in [0.15, 0.2) is 30.3 Å². The van der Waals surface area contributed by atoms with E-state index in [0.717, 1.165) is 56.9 Å². The summed E-state index contributed by atoms with van der Waals surface area (Å²) in [7, 11) is 0. The highest BCUT2D eigenvalue weighted by atomic mass is 16.6. The number of carbonyl (C=O) groups is 4. The van der Waals surface area contributed by atoms with Crippen molar-refractivity contribution in [3.05, 3.63) is 35.9 Å². The average Bonchev–Trinajstić information content (AvgIpc) is 3.42. The van der Waals surface area contributed by atoms with E-state index in [0.29, 0.717) is 25.7 Å². The maximum atomic E-state index is 13.5. The molecule has 4 N–H and O–H groups in total. The van der Waals surface area contributed by atoms with Crippen LogP contribution in [0.2, 0.25) is 0 Å². The second-order valence-electron chi connectivity index (χ2n) is 9.94. The van der Waals surface area contributed by atoms with Crippen LogP contribution in [0.4, 0.5) is 4.79 Å². The Labute approximate surface area is 213 Å². The lowest BCUT2D eigenvalue weighted by molar-refractivity contribution is -0.141. The van der Waals surface area contributed by atoms with Crippen LogP contribution in [0.1, 0.15) is 89.5 Å². The molecular weight excluding hydrogens is 460 g/mol. The number of carbonyl (C=O) groups excluding carboxylic acids is 4. The Kier molecular flexibility index (Phi) is 10.7. The number of hydrazine groups is 1. The number of hydrogen-bond donors (Lipinski definition) is 4. The smallest absolute Gasteiger partial charge is 0.421 e. The normalized spacial score (nSPS) is 18.1. The Morgan fingerprint density at radius 1 is 1.00 bits per heavy atom. The number of amides is 3. The van der Waals surface area contributed by atoms with Crippen molar-refractivity contribution in [1.29, 1.82) is 0 Å². The second kappa shape index (κ2) is 14.0. The Bertz CT molecular complexity index is 879. The van der Waals surface area contributed by atoms with Crippen molar-refractivity contribution in [2.75, 3.05) is 0 Å². The first-order chi connectivity index (χ1) is 17.4. The zero-order valence-electron chi connectivity index (χ0n) is 21.3. The second-order valence-corrected chi connectivity index (χ2v) is 9.94. The van der Waals surface area contributed by atoms with Gasteiger partial charge in [0.25, 0.3) is 5.91 Å². The molecule has 9 nitrogen and oxygen atoms in total. The Hall–Kier alpha value is -2.94. The molecule has 2 fully saturated rings. The number of Topliss-reactive ketones (excluding diaryl/α,β-unsaturated/α-hetero) is 1. The highest BCUT2D eigenvalue weighted by molar-refractivity contribution is 6.38. The Balaban J connectivity index is 1.61. The highest BCUT2D eigenvalue weighted by Gasteiger charge is 2.42. The zero-order chi connectivity index (χ0) is 25.8. The van der Waals surface area contributed by atoms with Crippen LogP contribution in [0.5, 0.6) is 0 Å². The minimum atomic E-state index is -1.07. The summed E-state index contributed by atoms with van der Waals surface area (Å²) in [4.78, 5) is 51.5. The van der Waals surface area contributed by atoms with Gasteiger partial charge in [0, 0.05) is 6.04 Å². The van der Waals surface area contributed by atoms with Crippen LogP contribution in [-0.2, 0) is 25.7 Å². The molecule has 0 aromatic heterocycles. The van der Waals surface area contributed by atoms with E-state index in [2.05, 4.69) is 21.5 Å². The predicted molar refractivity (Wildman–Crippen MR) is 136 cm³/mol. The number of hydrogen-bond acceptors (Lipinski definition) is 6. The molecule has 0 heterocycles. The molecular formula is C27H40N4O5. The van der Waals surface area contributed by atoms with Crippen molar-refractivity contribution in [2.24, 2.45) is 0 Å². The van der Waals surface area contributed by atoms with Crippen LogP contribution in [0, 0.1) is 0 Å². The molecule has 9 heteroatoms. The summed E-state index contributed by atoms with van der Waals surface area (Å²) in [6.07, 6.45) is 8.68. The monoisotopic (exact) mass is 500 g/mol. The van der Waals surface area contributed by atoms with Gasteiger partial charge in [0.1, 0.15) is 12.1 Å². The van der Waals surface area contributed by atoms with Crippen LogP contribution in [-0.4, -0.2) is 41.3 Å². The van der Waals surface area contributed by atoms with Gasteiger partial charge in [-0.25, -0.2) is 10.2 Å². The van der Waals surface area contributed by atoms with E-state index in [-0.39, 0.29) is 18.6 Å². The van der Waals surface area contributed by atoms with Gasteiger partial charge in [-0.1, -0.05) is 82.2 Å². The predicted octanol–water partition coefficient (Wildman–Crippen LogP) is 3.42. The molecule has 1 aromatic carbocycles. The van der Waals surface area contributed by atoms with E-state index in [1.165, 1.54) is 0 Å². The fourth-order valence-corrected chi connectivity index (χ4v) is 4.95. The molecule has 0 aliphatic heterocycles. The molecule has 3 rings (SSSR count). The summed E-state index contributed by atoms with van der Waals surface area (Å²) in [6, 6.07) is 8.44. The van der Waals surface area contributed by atoms with Crippen molar-refractivity contribution in [1.82, 2.24) is 21.5 Å². The lowest BCUT2D eigenvalue weighted by atomic mass is 9.81. The van der Waals surface area contributed by atoms with Gasteiger partial charge in [-0.05, 0) is 37.7 Å². The van der Waals surface area contributed by atoms with Crippen LogP contribution < -0.4 is 21.5 Å². The first-order valence-electron chi connectivity index (χ1n) is 13.3. The molecule has 2 saturated carbocycles. The molecule has 3 amide bonds. The highest BCUT2D eigenvalue weighted by Crippen LogP contribution is 2.28. The molecule has 0 saturated heterocycles. The van der Waals surface area contributed by atoms with E-state index in [1.54, 1.807) is 0 Å².